The zero-order valence-corrected chi connectivity index (χ0v) is 8.89. The molecule has 0 heterocycles. The minimum Gasteiger partial charge on any atom is -0.499 e. The van der Waals surface area contributed by atoms with E-state index in [0.717, 1.165) is 31.1 Å². The van der Waals surface area contributed by atoms with Crippen molar-refractivity contribution in [3.63, 3.8) is 0 Å². The summed E-state index contributed by atoms with van der Waals surface area (Å²) in [6.07, 6.45) is 5.65. The molecule has 1 nitrogen and oxygen atoms in total. The lowest BCUT2D eigenvalue weighted by molar-refractivity contribution is 0.219. The highest BCUT2D eigenvalue weighted by atomic mass is 16.5. The van der Waals surface area contributed by atoms with Gasteiger partial charge in [-0.05, 0) is 25.3 Å². The van der Waals surface area contributed by atoms with Crippen LogP contribution in [0.15, 0.2) is 11.8 Å². The van der Waals surface area contributed by atoms with Crippen LogP contribution in [0.4, 0.5) is 0 Å². The van der Waals surface area contributed by atoms with E-state index in [1.165, 1.54) is 6.42 Å². The predicted octanol–water partition coefficient (Wildman–Crippen LogP) is 3.75. The second kappa shape index (κ2) is 7.20. The molecule has 0 radical (unpaired) electrons. The first-order valence-electron chi connectivity index (χ1n) is 5.06. The number of rotatable bonds is 6. The Morgan fingerprint density at radius 2 is 2.00 bits per heavy atom. The molecule has 0 bridgehead atoms. The van der Waals surface area contributed by atoms with Gasteiger partial charge in [0.2, 0.25) is 0 Å². The lowest BCUT2D eigenvalue weighted by atomic mass is 10.0. The lowest BCUT2D eigenvalue weighted by Crippen LogP contribution is -1.93. The van der Waals surface area contributed by atoms with Gasteiger partial charge in [-0.25, -0.2) is 0 Å². The maximum absolute atomic E-state index is 5.45. The van der Waals surface area contributed by atoms with Gasteiger partial charge in [-0.1, -0.05) is 27.2 Å². The lowest BCUT2D eigenvalue weighted by Gasteiger charge is -2.08. The fourth-order valence-corrected chi connectivity index (χ4v) is 0.990. The molecule has 0 rings (SSSR count). The van der Waals surface area contributed by atoms with Crippen LogP contribution in [0.1, 0.15) is 47.0 Å². The van der Waals surface area contributed by atoms with Crippen LogP contribution < -0.4 is 0 Å². The van der Waals surface area contributed by atoms with E-state index in [2.05, 4.69) is 26.8 Å². The van der Waals surface area contributed by atoms with E-state index in [1.807, 2.05) is 6.92 Å². The minimum absolute atomic E-state index is 0.784. The quantitative estimate of drug-likeness (QED) is 0.552. The van der Waals surface area contributed by atoms with E-state index in [0.29, 0.717) is 0 Å². The van der Waals surface area contributed by atoms with Crippen LogP contribution in [-0.4, -0.2) is 6.61 Å². The van der Waals surface area contributed by atoms with E-state index >= 15 is 0 Å². The molecule has 1 heteroatoms. The van der Waals surface area contributed by atoms with Crippen molar-refractivity contribution >= 4 is 0 Å². The Kier molecular flexibility index (Phi) is 6.93. The molecule has 0 spiro atoms. The van der Waals surface area contributed by atoms with Crippen molar-refractivity contribution in [1.29, 1.82) is 0 Å². The van der Waals surface area contributed by atoms with Gasteiger partial charge < -0.3 is 4.74 Å². The van der Waals surface area contributed by atoms with Crippen molar-refractivity contribution in [1.82, 2.24) is 0 Å². The topological polar surface area (TPSA) is 9.23 Å². The number of ether oxygens (including phenoxy) is 1. The first-order valence-corrected chi connectivity index (χ1v) is 5.06. The largest absolute Gasteiger partial charge is 0.499 e. The monoisotopic (exact) mass is 170 g/mol. The van der Waals surface area contributed by atoms with Gasteiger partial charge in [-0.3, -0.25) is 0 Å². The maximum Gasteiger partial charge on any atom is 0.0917 e. The number of hydrogen-bond donors (Lipinski definition) is 0. The maximum atomic E-state index is 5.45. The van der Waals surface area contributed by atoms with Gasteiger partial charge in [-0.15, -0.1) is 0 Å². The van der Waals surface area contributed by atoms with E-state index in [4.69, 9.17) is 4.74 Å². The Labute approximate surface area is 76.8 Å². The summed E-state index contributed by atoms with van der Waals surface area (Å²) in [7, 11) is 0. The molecule has 12 heavy (non-hydrogen) atoms. The van der Waals surface area contributed by atoms with Crippen molar-refractivity contribution in [3.8, 4) is 0 Å². The molecule has 0 N–H and O–H groups in total. The molecule has 0 saturated heterocycles. The Morgan fingerprint density at radius 3 is 2.42 bits per heavy atom. The van der Waals surface area contributed by atoms with Crippen LogP contribution in [0.5, 0.6) is 0 Å². The zero-order chi connectivity index (χ0) is 9.40. The Morgan fingerprint density at radius 1 is 1.33 bits per heavy atom. The van der Waals surface area contributed by atoms with Crippen molar-refractivity contribution in [2.75, 3.05) is 6.61 Å². The van der Waals surface area contributed by atoms with Crippen molar-refractivity contribution < 1.29 is 4.74 Å². The molecule has 0 saturated carbocycles. The fourth-order valence-electron chi connectivity index (χ4n) is 0.990. The van der Waals surface area contributed by atoms with Crippen LogP contribution in [0.3, 0.4) is 0 Å². The highest BCUT2D eigenvalue weighted by Crippen LogP contribution is 2.11. The van der Waals surface area contributed by atoms with Crippen molar-refractivity contribution in [3.05, 3.63) is 11.8 Å². The van der Waals surface area contributed by atoms with E-state index in [9.17, 15) is 0 Å². The molecule has 0 aromatic carbocycles. The molecule has 1 unspecified atom stereocenters. The third kappa shape index (κ3) is 5.22. The van der Waals surface area contributed by atoms with Gasteiger partial charge in [0.1, 0.15) is 0 Å². The third-order valence-electron chi connectivity index (χ3n) is 2.12. The molecule has 0 amide bonds. The molecule has 1 atom stereocenters. The van der Waals surface area contributed by atoms with Gasteiger partial charge >= 0.3 is 0 Å². The first-order chi connectivity index (χ1) is 5.74. The van der Waals surface area contributed by atoms with Crippen molar-refractivity contribution in [2.24, 2.45) is 5.92 Å². The molecule has 0 aromatic rings. The summed E-state index contributed by atoms with van der Waals surface area (Å²) in [5.41, 5.74) is 0. The molecule has 0 aliphatic rings. The normalized spacial score (nSPS) is 14.5. The summed E-state index contributed by atoms with van der Waals surface area (Å²) in [5.74, 6) is 1.94. The summed E-state index contributed by atoms with van der Waals surface area (Å²) < 4.78 is 5.45. The fraction of sp³-hybridized carbons (Fsp3) is 0.818. The van der Waals surface area contributed by atoms with Crippen LogP contribution in [0.2, 0.25) is 0 Å². The zero-order valence-electron chi connectivity index (χ0n) is 8.89. The molecular weight excluding hydrogens is 148 g/mol. The van der Waals surface area contributed by atoms with Crippen molar-refractivity contribution in [2.45, 2.75) is 47.0 Å². The van der Waals surface area contributed by atoms with Crippen LogP contribution >= 0.6 is 0 Å². The predicted molar refractivity (Wildman–Crippen MR) is 54.1 cm³/mol. The first kappa shape index (κ1) is 11.5. The summed E-state index contributed by atoms with van der Waals surface area (Å²) in [5, 5.41) is 0. The second-order valence-electron chi connectivity index (χ2n) is 3.21. The minimum atomic E-state index is 0.784. The molecule has 0 aliphatic heterocycles. The van der Waals surface area contributed by atoms with Crippen LogP contribution in [0.25, 0.3) is 0 Å². The molecular formula is C11H22O. The summed E-state index contributed by atoms with van der Waals surface area (Å²) in [6.45, 7) is 9.46. The molecule has 0 aromatic heterocycles. The molecule has 0 aliphatic carbocycles. The molecule has 72 valence electrons. The SMILES string of the molecule is CCO/C(=C\CC(C)CC)CC. The van der Waals surface area contributed by atoms with E-state index in [-0.39, 0.29) is 0 Å². The van der Waals surface area contributed by atoms with Gasteiger partial charge in [0.15, 0.2) is 0 Å². The Bertz CT molecular complexity index is 127. The second-order valence-corrected chi connectivity index (χ2v) is 3.21. The van der Waals surface area contributed by atoms with Gasteiger partial charge in [-0.2, -0.15) is 0 Å². The number of hydrogen-bond acceptors (Lipinski definition) is 1. The van der Waals surface area contributed by atoms with Gasteiger partial charge in [0.05, 0.1) is 12.4 Å². The Balaban J connectivity index is 3.76. The average Bonchev–Trinajstić information content (AvgIpc) is 2.11. The van der Waals surface area contributed by atoms with E-state index < -0.39 is 0 Å². The number of allylic oxidation sites excluding steroid dienone is 2. The van der Waals surface area contributed by atoms with E-state index in [1.54, 1.807) is 0 Å². The smallest absolute Gasteiger partial charge is 0.0917 e. The van der Waals surface area contributed by atoms with Gasteiger partial charge in [0.25, 0.3) is 0 Å². The summed E-state index contributed by atoms with van der Waals surface area (Å²) in [6, 6.07) is 0. The standard InChI is InChI=1S/C11H22O/c1-5-10(4)8-9-11(6-2)12-7-3/h9-10H,5-8H2,1-4H3/b11-9-. The highest BCUT2D eigenvalue weighted by molar-refractivity contribution is 4.92. The highest BCUT2D eigenvalue weighted by Gasteiger charge is 1.97. The summed E-state index contributed by atoms with van der Waals surface area (Å²) in [4.78, 5) is 0. The van der Waals surface area contributed by atoms with Crippen LogP contribution in [-0.2, 0) is 4.74 Å². The third-order valence-corrected chi connectivity index (χ3v) is 2.12. The summed E-state index contributed by atoms with van der Waals surface area (Å²) >= 11 is 0. The average molecular weight is 170 g/mol. The molecule has 0 fully saturated rings. The Hall–Kier alpha value is -0.460. The van der Waals surface area contributed by atoms with Gasteiger partial charge in [0, 0.05) is 6.42 Å². The van der Waals surface area contributed by atoms with Crippen LogP contribution in [0, 0.1) is 5.92 Å².